The third kappa shape index (κ3) is 2.12. The Balaban J connectivity index is 1.87. The molecule has 0 aliphatic carbocycles. The monoisotopic (exact) mass is 234 g/mol. The minimum atomic E-state index is 0.347. The van der Waals surface area contributed by atoms with Crippen LogP contribution in [0.4, 0.5) is 5.82 Å². The minimum Gasteiger partial charge on any atom is -0.376 e. The fraction of sp³-hybridized carbons (Fsp3) is 0.667. The van der Waals surface area contributed by atoms with Crippen molar-refractivity contribution in [2.45, 2.75) is 31.9 Å². The first-order valence-corrected chi connectivity index (χ1v) is 6.25. The van der Waals surface area contributed by atoms with Gasteiger partial charge in [-0.25, -0.2) is 9.97 Å². The molecule has 1 fully saturated rings. The third-order valence-electron chi connectivity index (χ3n) is 3.58. The molecule has 1 aromatic rings. The molecule has 92 valence electrons. The van der Waals surface area contributed by atoms with E-state index < -0.39 is 0 Å². The van der Waals surface area contributed by atoms with Gasteiger partial charge in [-0.15, -0.1) is 0 Å². The highest BCUT2D eigenvalue weighted by Crippen LogP contribution is 2.26. The predicted molar refractivity (Wildman–Crippen MR) is 64.8 cm³/mol. The van der Waals surface area contributed by atoms with Crippen LogP contribution in [-0.2, 0) is 17.8 Å². The molecule has 5 heteroatoms. The van der Waals surface area contributed by atoms with E-state index in [4.69, 9.17) is 10.5 Å². The van der Waals surface area contributed by atoms with E-state index in [0.29, 0.717) is 12.6 Å². The fourth-order valence-corrected chi connectivity index (χ4v) is 2.53. The molecular formula is C12H18N4O. The predicted octanol–water partition coefficient (Wildman–Crippen LogP) is 0.477. The first-order chi connectivity index (χ1) is 8.34. The molecule has 0 bridgehead atoms. The summed E-state index contributed by atoms with van der Waals surface area (Å²) in [4.78, 5) is 11.1. The fourth-order valence-electron chi connectivity index (χ4n) is 2.53. The summed E-state index contributed by atoms with van der Waals surface area (Å²) >= 11 is 0. The van der Waals surface area contributed by atoms with Gasteiger partial charge in [0.25, 0.3) is 0 Å². The zero-order chi connectivity index (χ0) is 11.7. The van der Waals surface area contributed by atoms with Gasteiger partial charge in [-0.3, -0.25) is 0 Å². The second kappa shape index (κ2) is 4.58. The van der Waals surface area contributed by atoms with Crippen molar-refractivity contribution in [1.29, 1.82) is 0 Å². The summed E-state index contributed by atoms with van der Waals surface area (Å²) < 4.78 is 5.52. The van der Waals surface area contributed by atoms with Crippen molar-refractivity contribution in [2.24, 2.45) is 5.73 Å². The van der Waals surface area contributed by atoms with Crippen LogP contribution in [0.1, 0.15) is 24.1 Å². The standard InChI is InChI=1S/C12H18N4O/c13-9-1-4-16(5-2-9)12-10-7-17-6-3-11(10)14-8-15-12/h8-9H,1-7,13H2. The van der Waals surface area contributed by atoms with Crippen molar-refractivity contribution >= 4 is 5.82 Å². The van der Waals surface area contributed by atoms with Crippen molar-refractivity contribution in [1.82, 2.24) is 9.97 Å². The number of anilines is 1. The Morgan fingerprint density at radius 1 is 1.29 bits per heavy atom. The number of ether oxygens (including phenoxy) is 1. The number of fused-ring (bicyclic) bond motifs is 1. The Morgan fingerprint density at radius 3 is 2.94 bits per heavy atom. The Hall–Kier alpha value is -1.20. The summed E-state index contributed by atoms with van der Waals surface area (Å²) in [5.41, 5.74) is 8.25. The van der Waals surface area contributed by atoms with Crippen LogP contribution < -0.4 is 10.6 Å². The average molecular weight is 234 g/mol. The number of hydrogen-bond acceptors (Lipinski definition) is 5. The molecule has 5 nitrogen and oxygen atoms in total. The van der Waals surface area contributed by atoms with Gasteiger partial charge in [0.15, 0.2) is 0 Å². The van der Waals surface area contributed by atoms with Crippen LogP contribution in [0.15, 0.2) is 6.33 Å². The van der Waals surface area contributed by atoms with Crippen molar-refractivity contribution in [3.05, 3.63) is 17.6 Å². The van der Waals surface area contributed by atoms with E-state index in [1.807, 2.05) is 0 Å². The Kier molecular flexibility index (Phi) is 2.94. The lowest BCUT2D eigenvalue weighted by Gasteiger charge is -2.33. The molecule has 1 aromatic heterocycles. The van der Waals surface area contributed by atoms with Gasteiger partial charge in [-0.2, -0.15) is 0 Å². The zero-order valence-electron chi connectivity index (χ0n) is 9.93. The molecule has 2 aliphatic rings. The molecule has 0 saturated carbocycles. The first-order valence-electron chi connectivity index (χ1n) is 6.25. The SMILES string of the molecule is NC1CCN(c2ncnc3c2COCC3)CC1. The highest BCUT2D eigenvalue weighted by Gasteiger charge is 2.23. The number of rotatable bonds is 1. The van der Waals surface area contributed by atoms with Gasteiger partial charge in [-0.1, -0.05) is 0 Å². The van der Waals surface area contributed by atoms with Crippen LogP contribution >= 0.6 is 0 Å². The van der Waals surface area contributed by atoms with Crippen LogP contribution in [0.3, 0.4) is 0 Å². The number of aromatic nitrogens is 2. The number of hydrogen-bond donors (Lipinski definition) is 1. The summed E-state index contributed by atoms with van der Waals surface area (Å²) in [5, 5.41) is 0. The van der Waals surface area contributed by atoms with E-state index in [1.54, 1.807) is 6.33 Å². The summed E-state index contributed by atoms with van der Waals surface area (Å²) in [6.07, 6.45) is 4.66. The maximum atomic E-state index is 5.93. The van der Waals surface area contributed by atoms with Gasteiger partial charge < -0.3 is 15.4 Å². The van der Waals surface area contributed by atoms with Crippen LogP contribution in [0, 0.1) is 0 Å². The van der Waals surface area contributed by atoms with Gasteiger partial charge in [0.05, 0.1) is 18.9 Å². The Morgan fingerprint density at radius 2 is 2.12 bits per heavy atom. The molecule has 17 heavy (non-hydrogen) atoms. The second-order valence-electron chi connectivity index (χ2n) is 4.75. The van der Waals surface area contributed by atoms with Gasteiger partial charge in [0, 0.05) is 31.1 Å². The summed E-state index contributed by atoms with van der Waals surface area (Å²) in [6.45, 7) is 3.40. The molecule has 3 heterocycles. The van der Waals surface area contributed by atoms with E-state index in [-0.39, 0.29) is 0 Å². The Labute approximate surface area is 101 Å². The lowest BCUT2D eigenvalue weighted by Crippen LogP contribution is -2.40. The van der Waals surface area contributed by atoms with Crippen LogP contribution in [0.25, 0.3) is 0 Å². The van der Waals surface area contributed by atoms with Crippen molar-refractivity contribution < 1.29 is 4.74 Å². The van der Waals surface area contributed by atoms with Crippen molar-refractivity contribution in [2.75, 3.05) is 24.6 Å². The number of piperidine rings is 1. The molecular weight excluding hydrogens is 216 g/mol. The van der Waals surface area contributed by atoms with E-state index >= 15 is 0 Å². The van der Waals surface area contributed by atoms with E-state index in [2.05, 4.69) is 14.9 Å². The molecule has 0 aromatic carbocycles. The lowest BCUT2D eigenvalue weighted by atomic mass is 10.0. The third-order valence-corrected chi connectivity index (χ3v) is 3.58. The molecule has 0 radical (unpaired) electrons. The summed E-state index contributed by atoms with van der Waals surface area (Å²) in [6, 6.07) is 0.347. The van der Waals surface area contributed by atoms with Crippen LogP contribution in [0.5, 0.6) is 0 Å². The van der Waals surface area contributed by atoms with Gasteiger partial charge in [0.2, 0.25) is 0 Å². The topological polar surface area (TPSA) is 64.3 Å². The van der Waals surface area contributed by atoms with Gasteiger partial charge in [-0.05, 0) is 12.8 Å². The quantitative estimate of drug-likeness (QED) is 0.765. The highest BCUT2D eigenvalue weighted by molar-refractivity contribution is 5.49. The molecule has 0 amide bonds. The molecule has 2 N–H and O–H groups in total. The summed E-state index contributed by atoms with van der Waals surface area (Å²) in [5.74, 6) is 1.06. The maximum Gasteiger partial charge on any atom is 0.137 e. The van der Waals surface area contributed by atoms with E-state index in [0.717, 1.165) is 50.5 Å². The molecule has 0 unspecified atom stereocenters. The van der Waals surface area contributed by atoms with Gasteiger partial charge in [0.1, 0.15) is 12.1 Å². The van der Waals surface area contributed by atoms with Crippen molar-refractivity contribution in [3.8, 4) is 0 Å². The number of nitrogens with zero attached hydrogens (tertiary/aromatic N) is 3. The van der Waals surface area contributed by atoms with E-state index in [1.165, 1.54) is 5.56 Å². The van der Waals surface area contributed by atoms with Crippen LogP contribution in [0.2, 0.25) is 0 Å². The second-order valence-corrected chi connectivity index (χ2v) is 4.75. The molecule has 0 spiro atoms. The first kappa shape index (κ1) is 10.9. The molecule has 1 saturated heterocycles. The average Bonchev–Trinajstić information content (AvgIpc) is 2.39. The summed E-state index contributed by atoms with van der Waals surface area (Å²) in [7, 11) is 0. The smallest absolute Gasteiger partial charge is 0.137 e. The maximum absolute atomic E-state index is 5.93. The lowest BCUT2D eigenvalue weighted by molar-refractivity contribution is 0.109. The Bertz CT molecular complexity index is 401. The van der Waals surface area contributed by atoms with Gasteiger partial charge >= 0.3 is 0 Å². The van der Waals surface area contributed by atoms with Crippen LogP contribution in [-0.4, -0.2) is 35.7 Å². The molecule has 3 rings (SSSR count). The molecule has 0 atom stereocenters. The number of nitrogens with two attached hydrogens (primary N) is 1. The highest BCUT2D eigenvalue weighted by atomic mass is 16.5. The van der Waals surface area contributed by atoms with Crippen molar-refractivity contribution in [3.63, 3.8) is 0 Å². The minimum absolute atomic E-state index is 0.347. The normalized spacial score (nSPS) is 21.4. The molecule has 2 aliphatic heterocycles. The zero-order valence-corrected chi connectivity index (χ0v) is 9.93. The largest absolute Gasteiger partial charge is 0.376 e. The van der Waals surface area contributed by atoms with E-state index in [9.17, 15) is 0 Å².